The first-order chi connectivity index (χ1) is 16.5. The van der Waals surface area contributed by atoms with E-state index in [1.54, 1.807) is 36.9 Å². The highest BCUT2D eigenvalue weighted by Crippen LogP contribution is 2.34. The predicted molar refractivity (Wildman–Crippen MR) is 136 cm³/mol. The molecule has 4 aromatic rings. The first kappa shape index (κ1) is 23.5. The molecule has 0 radical (unpaired) electrons. The van der Waals surface area contributed by atoms with Crippen LogP contribution < -0.4 is 10.6 Å². The van der Waals surface area contributed by atoms with E-state index in [0.29, 0.717) is 40.6 Å². The lowest BCUT2D eigenvalue weighted by Gasteiger charge is -2.12. The Morgan fingerprint density at radius 3 is 2.59 bits per heavy atom. The van der Waals surface area contributed by atoms with Gasteiger partial charge in [0.25, 0.3) is 0 Å². The van der Waals surface area contributed by atoms with Crippen LogP contribution >= 0.6 is 23.2 Å². The highest BCUT2D eigenvalue weighted by molar-refractivity contribution is 6.36. The second-order valence-electron chi connectivity index (χ2n) is 7.16. The molecule has 34 heavy (non-hydrogen) atoms. The standard InChI is InChI=1S/C23H22Cl2N8O/c1-14(33-34-2)15-3-6-20(30-12-15)26-7-10-29-23-31-13-18(22-27-8-9-28-22)21(32-23)17-5-4-16(24)11-19(17)25/h3-6,8-9,11-13H,7,10H2,1-2H3,(H,26,30)(H,27,28)(H,29,31,32)/b33-14+. The Morgan fingerprint density at radius 2 is 1.88 bits per heavy atom. The fraction of sp³-hybridized carbons (Fsp3) is 0.174. The molecule has 0 atom stereocenters. The van der Waals surface area contributed by atoms with E-state index in [0.717, 1.165) is 28.2 Å². The molecule has 0 aliphatic carbocycles. The van der Waals surface area contributed by atoms with E-state index in [9.17, 15) is 0 Å². The van der Waals surface area contributed by atoms with E-state index in [4.69, 9.17) is 33.0 Å². The maximum absolute atomic E-state index is 6.47. The van der Waals surface area contributed by atoms with Crippen molar-refractivity contribution in [2.24, 2.45) is 5.16 Å². The third-order valence-electron chi connectivity index (χ3n) is 4.85. The minimum atomic E-state index is 0.466. The normalized spacial score (nSPS) is 11.4. The molecule has 0 aliphatic rings. The Bertz CT molecular complexity index is 1280. The van der Waals surface area contributed by atoms with Gasteiger partial charge in [0.1, 0.15) is 18.8 Å². The molecule has 3 heterocycles. The van der Waals surface area contributed by atoms with E-state index in [1.165, 1.54) is 7.11 Å². The first-order valence-corrected chi connectivity index (χ1v) is 11.1. The summed E-state index contributed by atoms with van der Waals surface area (Å²) in [6.07, 6.45) is 6.87. The molecule has 0 saturated heterocycles. The molecule has 0 aliphatic heterocycles. The Kier molecular flexibility index (Phi) is 7.56. The van der Waals surface area contributed by atoms with Crippen LogP contribution in [0.15, 0.2) is 60.3 Å². The number of anilines is 2. The topological polar surface area (TPSA) is 113 Å². The molecule has 9 nitrogen and oxygen atoms in total. The van der Waals surface area contributed by atoms with Crippen LogP contribution in [0.4, 0.5) is 11.8 Å². The third kappa shape index (κ3) is 5.62. The molecule has 11 heteroatoms. The van der Waals surface area contributed by atoms with Crippen LogP contribution in [-0.4, -0.2) is 50.8 Å². The van der Waals surface area contributed by atoms with Gasteiger partial charge < -0.3 is 20.5 Å². The second kappa shape index (κ2) is 11.0. The smallest absolute Gasteiger partial charge is 0.223 e. The summed E-state index contributed by atoms with van der Waals surface area (Å²) in [5.41, 5.74) is 3.76. The molecule has 1 aromatic carbocycles. The Morgan fingerprint density at radius 1 is 1.03 bits per heavy atom. The van der Waals surface area contributed by atoms with Crippen LogP contribution in [-0.2, 0) is 4.84 Å². The van der Waals surface area contributed by atoms with Crippen LogP contribution in [0.5, 0.6) is 0 Å². The lowest BCUT2D eigenvalue weighted by Crippen LogP contribution is -2.16. The summed E-state index contributed by atoms with van der Waals surface area (Å²) in [4.78, 5) is 25.8. The van der Waals surface area contributed by atoms with E-state index in [2.05, 4.69) is 35.7 Å². The first-order valence-electron chi connectivity index (χ1n) is 10.4. The van der Waals surface area contributed by atoms with Crippen molar-refractivity contribution in [2.75, 3.05) is 30.8 Å². The number of aromatic nitrogens is 5. The molecule has 0 fully saturated rings. The summed E-state index contributed by atoms with van der Waals surface area (Å²) in [6.45, 7) is 3.04. The summed E-state index contributed by atoms with van der Waals surface area (Å²) < 4.78 is 0. The van der Waals surface area contributed by atoms with E-state index < -0.39 is 0 Å². The summed E-state index contributed by atoms with van der Waals surface area (Å²) in [5.74, 6) is 1.86. The van der Waals surface area contributed by atoms with Crippen LogP contribution in [0, 0.1) is 0 Å². The third-order valence-corrected chi connectivity index (χ3v) is 5.40. The van der Waals surface area contributed by atoms with E-state index in [1.807, 2.05) is 25.1 Å². The number of halogens is 2. The van der Waals surface area contributed by atoms with Crippen LogP contribution in [0.3, 0.4) is 0 Å². The average Bonchev–Trinajstić information content (AvgIpc) is 3.37. The van der Waals surface area contributed by atoms with Gasteiger partial charge in [0.2, 0.25) is 5.95 Å². The molecule has 174 valence electrons. The Balaban J connectivity index is 1.45. The maximum Gasteiger partial charge on any atom is 0.223 e. The molecule has 0 bridgehead atoms. The molecule has 3 aromatic heterocycles. The van der Waals surface area contributed by atoms with Gasteiger partial charge in [-0.2, -0.15) is 0 Å². The molecular weight excluding hydrogens is 475 g/mol. The van der Waals surface area contributed by atoms with Gasteiger partial charge >= 0.3 is 0 Å². The van der Waals surface area contributed by atoms with Gasteiger partial charge in [0, 0.05) is 54.0 Å². The molecule has 3 N–H and O–H groups in total. The van der Waals surface area contributed by atoms with Gasteiger partial charge in [-0.1, -0.05) is 28.4 Å². The second-order valence-corrected chi connectivity index (χ2v) is 8.01. The fourth-order valence-corrected chi connectivity index (χ4v) is 3.70. The van der Waals surface area contributed by atoms with Crippen molar-refractivity contribution in [2.45, 2.75) is 6.92 Å². The molecule has 0 amide bonds. The number of imidazole rings is 1. The zero-order chi connectivity index (χ0) is 23.9. The van der Waals surface area contributed by atoms with Gasteiger partial charge in [-0.25, -0.2) is 19.9 Å². The summed E-state index contributed by atoms with van der Waals surface area (Å²) in [5, 5.41) is 11.4. The van der Waals surface area contributed by atoms with Crippen molar-refractivity contribution in [1.82, 2.24) is 24.9 Å². The minimum Gasteiger partial charge on any atom is -0.399 e. The predicted octanol–water partition coefficient (Wildman–Crippen LogP) is 5.13. The highest BCUT2D eigenvalue weighted by atomic mass is 35.5. The number of hydrogen-bond donors (Lipinski definition) is 3. The summed E-state index contributed by atoms with van der Waals surface area (Å²) >= 11 is 12.5. The SMILES string of the molecule is CO/N=C(\C)c1ccc(NCCNc2ncc(-c3ncc[nH]3)c(-c3ccc(Cl)cc3Cl)n2)nc1. The summed E-state index contributed by atoms with van der Waals surface area (Å²) in [7, 11) is 1.52. The van der Waals surface area contributed by atoms with Gasteiger partial charge in [0.15, 0.2) is 0 Å². The molecule has 4 rings (SSSR count). The largest absolute Gasteiger partial charge is 0.399 e. The number of aromatic amines is 1. The lowest BCUT2D eigenvalue weighted by atomic mass is 10.1. The fourth-order valence-electron chi connectivity index (χ4n) is 3.21. The number of nitrogens with zero attached hydrogens (tertiary/aromatic N) is 5. The lowest BCUT2D eigenvalue weighted by molar-refractivity contribution is 0.213. The zero-order valence-corrected chi connectivity index (χ0v) is 20.0. The quantitative estimate of drug-likeness (QED) is 0.167. The van der Waals surface area contributed by atoms with Crippen molar-refractivity contribution >= 4 is 40.7 Å². The van der Waals surface area contributed by atoms with Gasteiger partial charge in [-0.3, -0.25) is 0 Å². The molecular formula is C23H22Cl2N8O. The van der Waals surface area contributed by atoms with Gasteiger partial charge in [-0.15, -0.1) is 0 Å². The number of oxime groups is 1. The van der Waals surface area contributed by atoms with Crippen molar-refractivity contribution in [1.29, 1.82) is 0 Å². The summed E-state index contributed by atoms with van der Waals surface area (Å²) in [6, 6.07) is 9.11. The molecule has 0 unspecified atom stereocenters. The van der Waals surface area contributed by atoms with Crippen molar-refractivity contribution < 1.29 is 4.84 Å². The number of pyridine rings is 1. The van der Waals surface area contributed by atoms with Crippen LogP contribution in [0.1, 0.15) is 12.5 Å². The van der Waals surface area contributed by atoms with Gasteiger partial charge in [-0.05, 0) is 37.3 Å². The number of rotatable bonds is 9. The van der Waals surface area contributed by atoms with E-state index in [-0.39, 0.29) is 0 Å². The molecule has 0 saturated carbocycles. The van der Waals surface area contributed by atoms with E-state index >= 15 is 0 Å². The molecule has 0 spiro atoms. The Hall–Kier alpha value is -3.69. The minimum absolute atomic E-state index is 0.466. The Labute approximate surface area is 206 Å². The van der Waals surface area contributed by atoms with Crippen molar-refractivity contribution in [3.63, 3.8) is 0 Å². The maximum atomic E-state index is 6.47. The zero-order valence-electron chi connectivity index (χ0n) is 18.5. The number of hydrogen-bond acceptors (Lipinski definition) is 8. The average molecular weight is 497 g/mol. The number of benzene rings is 1. The number of H-pyrrole nitrogens is 1. The van der Waals surface area contributed by atoms with Crippen molar-refractivity contribution in [3.8, 4) is 22.6 Å². The monoisotopic (exact) mass is 496 g/mol. The van der Waals surface area contributed by atoms with Crippen LogP contribution in [0.25, 0.3) is 22.6 Å². The highest BCUT2D eigenvalue weighted by Gasteiger charge is 2.16. The van der Waals surface area contributed by atoms with Gasteiger partial charge in [0.05, 0.1) is 22.0 Å². The van der Waals surface area contributed by atoms with Crippen molar-refractivity contribution in [3.05, 3.63) is 70.7 Å². The van der Waals surface area contributed by atoms with Crippen LogP contribution in [0.2, 0.25) is 10.0 Å². The number of nitrogens with one attached hydrogen (secondary N) is 3.